The van der Waals surface area contributed by atoms with Crippen LogP contribution in [0.3, 0.4) is 0 Å². The van der Waals surface area contributed by atoms with E-state index < -0.39 is 0 Å². The summed E-state index contributed by atoms with van der Waals surface area (Å²) >= 11 is 0. The molecule has 17 heavy (non-hydrogen) atoms. The Hall–Kier alpha value is -1.62. The van der Waals surface area contributed by atoms with Gasteiger partial charge in [-0.25, -0.2) is 0 Å². The third-order valence-electron chi connectivity index (χ3n) is 2.93. The standard InChI is InChI=1S/C12H16N2O3/c1-13-5-2-6-14(8-12(13)16)7-10-3-4-11(9-15)17-10/h3-4,9H,2,5-8H2,1H3. The van der Waals surface area contributed by atoms with Gasteiger partial charge in [0.05, 0.1) is 13.1 Å². The molecule has 0 bridgehead atoms. The van der Waals surface area contributed by atoms with Gasteiger partial charge < -0.3 is 9.32 Å². The van der Waals surface area contributed by atoms with Crippen molar-refractivity contribution in [1.29, 1.82) is 0 Å². The molecule has 92 valence electrons. The van der Waals surface area contributed by atoms with Crippen molar-refractivity contribution >= 4 is 12.2 Å². The van der Waals surface area contributed by atoms with Crippen molar-refractivity contribution in [2.45, 2.75) is 13.0 Å². The zero-order valence-corrected chi connectivity index (χ0v) is 9.89. The number of amides is 1. The summed E-state index contributed by atoms with van der Waals surface area (Å²) < 4.78 is 5.30. The predicted molar refractivity (Wildman–Crippen MR) is 61.6 cm³/mol. The molecular formula is C12H16N2O3. The number of carbonyl (C=O) groups is 2. The number of likely N-dealkylation sites (N-methyl/N-ethyl adjacent to an activating group) is 1. The van der Waals surface area contributed by atoms with E-state index in [0.29, 0.717) is 25.1 Å². The summed E-state index contributed by atoms with van der Waals surface area (Å²) in [6, 6.07) is 3.43. The molecule has 2 rings (SSSR count). The molecule has 0 spiro atoms. The summed E-state index contributed by atoms with van der Waals surface area (Å²) in [4.78, 5) is 26.0. The maximum atomic E-state index is 11.7. The first kappa shape index (κ1) is 11.9. The van der Waals surface area contributed by atoms with Crippen LogP contribution < -0.4 is 0 Å². The van der Waals surface area contributed by atoms with E-state index in [1.807, 2.05) is 11.9 Å². The van der Waals surface area contributed by atoms with Crippen molar-refractivity contribution in [1.82, 2.24) is 9.80 Å². The summed E-state index contributed by atoms with van der Waals surface area (Å²) in [6.45, 7) is 2.65. The van der Waals surface area contributed by atoms with Crippen LogP contribution in [0.4, 0.5) is 0 Å². The van der Waals surface area contributed by atoms with Crippen LogP contribution in [0.5, 0.6) is 0 Å². The van der Waals surface area contributed by atoms with E-state index in [1.54, 1.807) is 17.0 Å². The lowest BCUT2D eigenvalue weighted by molar-refractivity contribution is -0.130. The second-order valence-corrected chi connectivity index (χ2v) is 4.30. The Morgan fingerprint density at radius 1 is 1.41 bits per heavy atom. The van der Waals surface area contributed by atoms with Crippen molar-refractivity contribution in [2.75, 3.05) is 26.7 Å². The molecule has 5 heteroatoms. The van der Waals surface area contributed by atoms with Gasteiger partial charge in [-0.3, -0.25) is 14.5 Å². The fraction of sp³-hybridized carbons (Fsp3) is 0.500. The van der Waals surface area contributed by atoms with Crippen molar-refractivity contribution in [2.24, 2.45) is 0 Å². The van der Waals surface area contributed by atoms with E-state index in [-0.39, 0.29) is 5.91 Å². The van der Waals surface area contributed by atoms with Crippen LogP contribution in [0, 0.1) is 0 Å². The summed E-state index contributed by atoms with van der Waals surface area (Å²) in [6.07, 6.45) is 1.65. The first-order valence-electron chi connectivity index (χ1n) is 5.69. The normalized spacial score (nSPS) is 18.2. The van der Waals surface area contributed by atoms with E-state index in [0.717, 1.165) is 25.3 Å². The van der Waals surface area contributed by atoms with Crippen LogP contribution in [0.1, 0.15) is 22.7 Å². The number of carbonyl (C=O) groups excluding carboxylic acids is 2. The Morgan fingerprint density at radius 2 is 2.24 bits per heavy atom. The van der Waals surface area contributed by atoms with Crippen LogP contribution in [-0.2, 0) is 11.3 Å². The minimum absolute atomic E-state index is 0.129. The maximum absolute atomic E-state index is 11.7. The number of hydrogen-bond acceptors (Lipinski definition) is 4. The summed E-state index contributed by atoms with van der Waals surface area (Å²) in [5.41, 5.74) is 0. The highest BCUT2D eigenvalue weighted by Crippen LogP contribution is 2.11. The Bertz CT molecular complexity index is 414. The van der Waals surface area contributed by atoms with Gasteiger partial charge in [0.15, 0.2) is 12.0 Å². The smallest absolute Gasteiger partial charge is 0.236 e. The molecule has 0 unspecified atom stereocenters. The van der Waals surface area contributed by atoms with Gasteiger partial charge in [0.25, 0.3) is 0 Å². The third-order valence-corrected chi connectivity index (χ3v) is 2.93. The van der Waals surface area contributed by atoms with E-state index in [2.05, 4.69) is 0 Å². The molecule has 1 aromatic heterocycles. The Labute approximate surface area is 100.0 Å². The van der Waals surface area contributed by atoms with Crippen LogP contribution in [0.2, 0.25) is 0 Å². The molecule has 0 aromatic carbocycles. The van der Waals surface area contributed by atoms with Crippen molar-refractivity contribution < 1.29 is 14.0 Å². The Morgan fingerprint density at radius 3 is 2.94 bits per heavy atom. The summed E-state index contributed by atoms with van der Waals surface area (Å²) in [5, 5.41) is 0. The van der Waals surface area contributed by atoms with E-state index >= 15 is 0 Å². The fourth-order valence-electron chi connectivity index (χ4n) is 1.95. The molecule has 0 saturated carbocycles. The van der Waals surface area contributed by atoms with Crippen molar-refractivity contribution in [3.63, 3.8) is 0 Å². The number of aldehydes is 1. The van der Waals surface area contributed by atoms with Crippen molar-refractivity contribution in [3.05, 3.63) is 23.7 Å². The first-order chi connectivity index (χ1) is 8.19. The van der Waals surface area contributed by atoms with E-state index in [1.165, 1.54) is 0 Å². The number of hydrogen-bond donors (Lipinski definition) is 0. The highest BCUT2D eigenvalue weighted by molar-refractivity contribution is 5.78. The topological polar surface area (TPSA) is 53.8 Å². The van der Waals surface area contributed by atoms with Gasteiger partial charge in [-0.1, -0.05) is 0 Å². The monoisotopic (exact) mass is 236 g/mol. The molecule has 2 heterocycles. The molecule has 1 amide bonds. The average Bonchev–Trinajstić information content (AvgIpc) is 2.69. The highest BCUT2D eigenvalue weighted by atomic mass is 16.3. The quantitative estimate of drug-likeness (QED) is 0.727. The molecule has 0 aliphatic carbocycles. The zero-order chi connectivity index (χ0) is 12.3. The molecule has 1 saturated heterocycles. The molecule has 0 radical (unpaired) electrons. The molecule has 1 fully saturated rings. The van der Waals surface area contributed by atoms with Gasteiger partial charge in [0.1, 0.15) is 5.76 Å². The fourth-order valence-corrected chi connectivity index (χ4v) is 1.95. The van der Waals surface area contributed by atoms with Gasteiger partial charge in [-0.05, 0) is 18.6 Å². The largest absolute Gasteiger partial charge is 0.457 e. The maximum Gasteiger partial charge on any atom is 0.236 e. The van der Waals surface area contributed by atoms with Gasteiger partial charge in [0, 0.05) is 20.1 Å². The molecule has 5 nitrogen and oxygen atoms in total. The minimum Gasteiger partial charge on any atom is -0.457 e. The molecule has 0 N–H and O–H groups in total. The molecule has 1 aromatic rings. The first-order valence-corrected chi connectivity index (χ1v) is 5.69. The van der Waals surface area contributed by atoms with E-state index in [4.69, 9.17) is 4.42 Å². The lowest BCUT2D eigenvalue weighted by atomic mass is 10.3. The van der Waals surface area contributed by atoms with Crippen LogP contribution in [0.25, 0.3) is 0 Å². The van der Waals surface area contributed by atoms with Gasteiger partial charge in [0.2, 0.25) is 5.91 Å². The van der Waals surface area contributed by atoms with E-state index in [9.17, 15) is 9.59 Å². The second-order valence-electron chi connectivity index (χ2n) is 4.30. The predicted octanol–water partition coefficient (Wildman–Crippen LogP) is 0.756. The number of furan rings is 1. The zero-order valence-electron chi connectivity index (χ0n) is 9.89. The third kappa shape index (κ3) is 2.94. The lowest BCUT2D eigenvalue weighted by Gasteiger charge is -2.17. The summed E-state index contributed by atoms with van der Waals surface area (Å²) in [5.74, 6) is 1.19. The highest BCUT2D eigenvalue weighted by Gasteiger charge is 2.19. The second kappa shape index (κ2) is 5.14. The molecule has 0 atom stereocenters. The average molecular weight is 236 g/mol. The number of nitrogens with zero attached hydrogens (tertiary/aromatic N) is 2. The van der Waals surface area contributed by atoms with Gasteiger partial charge in [-0.15, -0.1) is 0 Å². The molecule has 1 aliphatic rings. The van der Waals surface area contributed by atoms with Gasteiger partial charge in [-0.2, -0.15) is 0 Å². The van der Waals surface area contributed by atoms with Gasteiger partial charge >= 0.3 is 0 Å². The minimum atomic E-state index is 0.129. The van der Waals surface area contributed by atoms with Crippen LogP contribution >= 0.6 is 0 Å². The van der Waals surface area contributed by atoms with Crippen molar-refractivity contribution in [3.8, 4) is 0 Å². The lowest BCUT2D eigenvalue weighted by Crippen LogP contribution is -2.33. The SMILES string of the molecule is CN1CCCN(Cc2ccc(C=O)o2)CC1=O. The van der Waals surface area contributed by atoms with Crippen LogP contribution in [-0.4, -0.2) is 48.7 Å². The Kier molecular flexibility index (Phi) is 3.58. The summed E-state index contributed by atoms with van der Waals surface area (Å²) in [7, 11) is 1.82. The number of rotatable bonds is 3. The van der Waals surface area contributed by atoms with Crippen LogP contribution in [0.15, 0.2) is 16.5 Å². The Balaban J connectivity index is 1.98. The molecular weight excluding hydrogens is 220 g/mol. The molecule has 1 aliphatic heterocycles.